The van der Waals surface area contributed by atoms with Gasteiger partial charge in [0.15, 0.2) is 0 Å². The van der Waals surface area contributed by atoms with Crippen molar-refractivity contribution >= 4 is 38.6 Å². The van der Waals surface area contributed by atoms with Crippen LogP contribution >= 0.6 is 0 Å². The number of para-hydroxylation sites is 1. The smallest absolute Gasteiger partial charge is 0.123 e. The van der Waals surface area contributed by atoms with Gasteiger partial charge < -0.3 is 10.0 Å². The van der Waals surface area contributed by atoms with Crippen LogP contribution in [0.2, 0.25) is 0 Å². The van der Waals surface area contributed by atoms with Crippen molar-refractivity contribution in [1.29, 1.82) is 0 Å². The molecule has 0 bridgehead atoms. The molecule has 2 nitrogen and oxygen atoms in total. The van der Waals surface area contributed by atoms with Crippen LogP contribution in [0.25, 0.3) is 43.8 Å². The van der Waals surface area contributed by atoms with Crippen LogP contribution < -0.4 is 4.90 Å². The molecule has 0 amide bonds. The highest BCUT2D eigenvalue weighted by Crippen LogP contribution is 2.39. The second-order valence-electron chi connectivity index (χ2n) is 10.0. The van der Waals surface area contributed by atoms with Gasteiger partial charge >= 0.3 is 0 Å². The Bertz CT molecular complexity index is 1960. The van der Waals surface area contributed by atoms with Gasteiger partial charge in [0.1, 0.15) is 5.75 Å². The molecule has 2 heteroatoms. The molecular weight excluding hydrogens is 486 g/mol. The van der Waals surface area contributed by atoms with E-state index in [0.29, 0.717) is 5.75 Å². The first kappa shape index (κ1) is 23.8. The Morgan fingerprint density at radius 2 is 0.850 bits per heavy atom. The Balaban J connectivity index is 1.34. The summed E-state index contributed by atoms with van der Waals surface area (Å²) in [5, 5.41) is 15.1. The molecule has 0 radical (unpaired) electrons. The van der Waals surface area contributed by atoms with Gasteiger partial charge in [0, 0.05) is 22.6 Å². The summed E-state index contributed by atoms with van der Waals surface area (Å²) in [7, 11) is 0. The molecule has 0 saturated carbocycles. The molecule has 40 heavy (non-hydrogen) atoms. The predicted octanol–water partition coefficient (Wildman–Crippen LogP) is 10.5. The highest BCUT2D eigenvalue weighted by molar-refractivity contribution is 5.94. The van der Waals surface area contributed by atoms with Crippen molar-refractivity contribution in [3.8, 4) is 28.0 Å². The fourth-order valence-electron chi connectivity index (χ4n) is 5.45. The summed E-state index contributed by atoms with van der Waals surface area (Å²) in [5.41, 5.74) is 7.53. The summed E-state index contributed by atoms with van der Waals surface area (Å²) in [5.74, 6) is 0.292. The van der Waals surface area contributed by atoms with E-state index in [1.54, 1.807) is 6.07 Å². The Hall–Kier alpha value is -5.34. The Morgan fingerprint density at radius 3 is 1.60 bits per heavy atom. The van der Waals surface area contributed by atoms with E-state index in [1.165, 1.54) is 21.9 Å². The highest BCUT2D eigenvalue weighted by Gasteiger charge is 2.15. The second-order valence-corrected chi connectivity index (χ2v) is 10.0. The zero-order valence-corrected chi connectivity index (χ0v) is 21.9. The minimum Gasteiger partial charge on any atom is -0.507 e. The topological polar surface area (TPSA) is 23.5 Å². The third kappa shape index (κ3) is 4.46. The van der Waals surface area contributed by atoms with Gasteiger partial charge in [0.2, 0.25) is 0 Å². The number of rotatable bonds is 5. The van der Waals surface area contributed by atoms with E-state index in [1.807, 2.05) is 24.3 Å². The zero-order valence-electron chi connectivity index (χ0n) is 21.9. The maximum atomic E-state index is 10.4. The van der Waals surface area contributed by atoms with Gasteiger partial charge in [0.05, 0.1) is 0 Å². The summed E-state index contributed by atoms with van der Waals surface area (Å²) in [6.07, 6.45) is 0. The molecule has 0 aliphatic carbocycles. The van der Waals surface area contributed by atoms with Crippen LogP contribution in [-0.4, -0.2) is 5.11 Å². The summed E-state index contributed by atoms with van der Waals surface area (Å²) in [6.45, 7) is 0. The van der Waals surface area contributed by atoms with Crippen molar-refractivity contribution < 1.29 is 5.11 Å². The van der Waals surface area contributed by atoms with Gasteiger partial charge in [0.25, 0.3) is 0 Å². The van der Waals surface area contributed by atoms with Gasteiger partial charge in [-0.15, -0.1) is 0 Å². The lowest BCUT2D eigenvalue weighted by molar-refractivity contribution is 0.477. The molecule has 7 aromatic rings. The maximum Gasteiger partial charge on any atom is 0.123 e. The molecule has 7 rings (SSSR count). The number of aromatic hydroxyl groups is 1. The van der Waals surface area contributed by atoms with Gasteiger partial charge in [-0.2, -0.15) is 0 Å². The first-order valence-corrected chi connectivity index (χ1v) is 13.5. The third-order valence-electron chi connectivity index (χ3n) is 7.52. The lowest BCUT2D eigenvalue weighted by atomic mass is 9.99. The van der Waals surface area contributed by atoms with E-state index in [9.17, 15) is 5.11 Å². The minimum absolute atomic E-state index is 0.292. The minimum atomic E-state index is 0.292. The van der Waals surface area contributed by atoms with Crippen molar-refractivity contribution in [3.05, 3.63) is 158 Å². The number of phenolic OH excluding ortho intramolecular Hbond substituents is 1. The van der Waals surface area contributed by atoms with Crippen molar-refractivity contribution in [2.45, 2.75) is 0 Å². The third-order valence-corrected chi connectivity index (χ3v) is 7.52. The molecule has 0 spiro atoms. The molecule has 0 saturated heterocycles. The standard InChI is InChI=1S/C38H27NO/c40-38-13-7-6-12-37(38)33-15-14-32-26-36(23-19-31(32)24-33)39(35-22-18-28-10-4-5-11-30(28)25-35)34-20-16-29(17-21-34)27-8-2-1-3-9-27/h1-26,40H. The van der Waals surface area contributed by atoms with Crippen LogP contribution in [0.15, 0.2) is 158 Å². The summed E-state index contributed by atoms with van der Waals surface area (Å²) in [6, 6.07) is 54.8. The SMILES string of the molecule is Oc1ccccc1-c1ccc2cc(N(c3ccc(-c4ccccc4)cc3)c3ccc4ccccc4c3)ccc2c1. The van der Waals surface area contributed by atoms with E-state index >= 15 is 0 Å². The summed E-state index contributed by atoms with van der Waals surface area (Å²) >= 11 is 0. The molecular formula is C38H27NO. The number of nitrogens with zero attached hydrogens (tertiary/aromatic N) is 1. The molecule has 0 fully saturated rings. The Labute approximate surface area is 234 Å². The van der Waals surface area contributed by atoms with Crippen LogP contribution in [0, 0.1) is 0 Å². The van der Waals surface area contributed by atoms with Crippen LogP contribution in [-0.2, 0) is 0 Å². The van der Waals surface area contributed by atoms with Crippen molar-refractivity contribution in [3.63, 3.8) is 0 Å². The molecule has 0 aliphatic rings. The fourth-order valence-corrected chi connectivity index (χ4v) is 5.45. The van der Waals surface area contributed by atoms with Gasteiger partial charge in [-0.05, 0) is 86.8 Å². The largest absolute Gasteiger partial charge is 0.507 e. The van der Waals surface area contributed by atoms with Gasteiger partial charge in [-0.3, -0.25) is 0 Å². The molecule has 0 unspecified atom stereocenters. The van der Waals surface area contributed by atoms with Crippen LogP contribution in [0.1, 0.15) is 0 Å². The van der Waals surface area contributed by atoms with Crippen molar-refractivity contribution in [1.82, 2.24) is 0 Å². The normalized spacial score (nSPS) is 11.1. The Morgan fingerprint density at radius 1 is 0.350 bits per heavy atom. The van der Waals surface area contributed by atoms with E-state index in [4.69, 9.17) is 0 Å². The molecule has 0 heterocycles. The van der Waals surface area contributed by atoms with Crippen LogP contribution in [0.5, 0.6) is 5.75 Å². The Kier molecular flexibility index (Phi) is 5.99. The van der Waals surface area contributed by atoms with E-state index in [2.05, 4.69) is 132 Å². The van der Waals surface area contributed by atoms with Gasteiger partial charge in [-0.1, -0.05) is 109 Å². The second kappa shape index (κ2) is 10.1. The first-order chi connectivity index (χ1) is 19.7. The predicted molar refractivity (Wildman–Crippen MR) is 169 cm³/mol. The first-order valence-electron chi connectivity index (χ1n) is 13.5. The number of fused-ring (bicyclic) bond motifs is 2. The van der Waals surface area contributed by atoms with Gasteiger partial charge in [-0.25, -0.2) is 0 Å². The van der Waals surface area contributed by atoms with E-state index < -0.39 is 0 Å². The van der Waals surface area contributed by atoms with Crippen molar-refractivity contribution in [2.75, 3.05) is 4.90 Å². The monoisotopic (exact) mass is 513 g/mol. The number of anilines is 3. The maximum absolute atomic E-state index is 10.4. The molecule has 0 atom stereocenters. The highest BCUT2D eigenvalue weighted by atomic mass is 16.3. The molecule has 7 aromatic carbocycles. The zero-order chi connectivity index (χ0) is 26.9. The lowest BCUT2D eigenvalue weighted by Gasteiger charge is -2.26. The van der Waals surface area contributed by atoms with Crippen LogP contribution in [0.3, 0.4) is 0 Å². The molecule has 0 aromatic heterocycles. The molecule has 1 N–H and O–H groups in total. The number of hydrogen-bond donors (Lipinski definition) is 1. The number of hydrogen-bond acceptors (Lipinski definition) is 2. The number of benzene rings is 7. The molecule has 0 aliphatic heterocycles. The lowest BCUT2D eigenvalue weighted by Crippen LogP contribution is -2.09. The average Bonchev–Trinajstić information content (AvgIpc) is 3.02. The summed E-state index contributed by atoms with van der Waals surface area (Å²) < 4.78 is 0. The quantitative estimate of drug-likeness (QED) is 0.247. The summed E-state index contributed by atoms with van der Waals surface area (Å²) in [4.78, 5) is 2.32. The molecule has 190 valence electrons. The fraction of sp³-hybridized carbons (Fsp3) is 0. The average molecular weight is 514 g/mol. The van der Waals surface area contributed by atoms with Crippen molar-refractivity contribution in [2.24, 2.45) is 0 Å². The van der Waals surface area contributed by atoms with Crippen LogP contribution in [0.4, 0.5) is 17.1 Å². The number of phenols is 1. The van der Waals surface area contributed by atoms with E-state index in [0.717, 1.165) is 39.0 Å². The van der Waals surface area contributed by atoms with E-state index in [-0.39, 0.29) is 0 Å².